The number of carbonyl (C=O) groups excluding carboxylic acids is 2. The van der Waals surface area contributed by atoms with E-state index in [1.54, 1.807) is 54.9 Å². The van der Waals surface area contributed by atoms with Gasteiger partial charge in [-0.05, 0) is 64.1 Å². The number of amides is 2. The van der Waals surface area contributed by atoms with Gasteiger partial charge in [0.1, 0.15) is 0 Å². The number of thiocarbonyl (C=S) groups is 1. The molecule has 0 saturated carbocycles. The Hall–Kier alpha value is -2.03. The molecule has 0 spiro atoms. The fourth-order valence-corrected chi connectivity index (χ4v) is 3.63. The van der Waals surface area contributed by atoms with Gasteiger partial charge in [-0.2, -0.15) is 5.01 Å². The maximum atomic E-state index is 12.5. The van der Waals surface area contributed by atoms with Gasteiger partial charge < -0.3 is 0 Å². The van der Waals surface area contributed by atoms with Crippen molar-refractivity contribution in [2.75, 3.05) is 0 Å². The van der Waals surface area contributed by atoms with Gasteiger partial charge in [-0.25, -0.2) is 0 Å². The zero-order valence-electron chi connectivity index (χ0n) is 12.1. The number of benzene rings is 1. The highest BCUT2D eigenvalue weighted by atomic mass is 79.9. The summed E-state index contributed by atoms with van der Waals surface area (Å²) >= 11 is 9.65. The van der Waals surface area contributed by atoms with E-state index in [2.05, 4.69) is 26.3 Å². The van der Waals surface area contributed by atoms with E-state index in [4.69, 9.17) is 12.2 Å². The molecule has 0 radical (unpaired) electrons. The standard InChI is InChI=1S/C16H10BrN3O2S2/c17-12-4-2-1-3-11(12)14(21)19-20-15(22)13(24-16(20)23)9-10-5-7-18-8-6-10/h1-9H,(H,19,21)/b13-9-. The maximum Gasteiger partial charge on any atom is 0.285 e. The minimum Gasteiger partial charge on any atom is -0.267 e. The number of nitrogens with one attached hydrogen (secondary N) is 1. The summed E-state index contributed by atoms with van der Waals surface area (Å²) in [5, 5.41) is 1.09. The highest BCUT2D eigenvalue weighted by molar-refractivity contribution is 9.10. The smallest absolute Gasteiger partial charge is 0.267 e. The van der Waals surface area contributed by atoms with Crippen LogP contribution < -0.4 is 5.43 Å². The lowest BCUT2D eigenvalue weighted by Crippen LogP contribution is -2.44. The fourth-order valence-electron chi connectivity index (χ4n) is 1.98. The molecule has 1 aliphatic heterocycles. The Labute approximate surface area is 156 Å². The van der Waals surface area contributed by atoms with Crippen LogP contribution in [0.1, 0.15) is 15.9 Å². The molecule has 8 heteroatoms. The second-order valence-electron chi connectivity index (χ2n) is 4.72. The molecule has 2 amide bonds. The zero-order chi connectivity index (χ0) is 17.1. The van der Waals surface area contributed by atoms with Crippen LogP contribution in [0.15, 0.2) is 58.2 Å². The van der Waals surface area contributed by atoms with Crippen molar-refractivity contribution in [1.29, 1.82) is 0 Å². The monoisotopic (exact) mass is 419 g/mol. The van der Waals surface area contributed by atoms with Gasteiger partial charge in [0.05, 0.1) is 10.5 Å². The Morgan fingerprint density at radius 1 is 1.25 bits per heavy atom. The van der Waals surface area contributed by atoms with Crippen LogP contribution in [0.25, 0.3) is 6.08 Å². The van der Waals surface area contributed by atoms with Gasteiger partial charge in [-0.3, -0.25) is 20.0 Å². The van der Waals surface area contributed by atoms with Crippen molar-refractivity contribution < 1.29 is 9.59 Å². The van der Waals surface area contributed by atoms with Crippen molar-refractivity contribution in [3.05, 3.63) is 69.3 Å². The van der Waals surface area contributed by atoms with Crippen LogP contribution in [0.3, 0.4) is 0 Å². The summed E-state index contributed by atoms with van der Waals surface area (Å²) in [6.07, 6.45) is 4.99. The van der Waals surface area contributed by atoms with Crippen molar-refractivity contribution >= 4 is 62.1 Å². The van der Waals surface area contributed by atoms with Crippen LogP contribution in [0.2, 0.25) is 0 Å². The van der Waals surface area contributed by atoms with E-state index in [9.17, 15) is 9.59 Å². The number of pyridine rings is 1. The first kappa shape index (κ1) is 16.8. The second-order valence-corrected chi connectivity index (χ2v) is 7.25. The van der Waals surface area contributed by atoms with Crippen molar-refractivity contribution in [2.24, 2.45) is 0 Å². The van der Waals surface area contributed by atoms with E-state index >= 15 is 0 Å². The van der Waals surface area contributed by atoms with Crippen LogP contribution >= 0.6 is 39.9 Å². The molecule has 1 N–H and O–H groups in total. The topological polar surface area (TPSA) is 62.3 Å². The maximum absolute atomic E-state index is 12.5. The molecule has 1 aromatic carbocycles. The number of hydrazine groups is 1. The average Bonchev–Trinajstić information content (AvgIpc) is 2.83. The SMILES string of the molecule is O=C(NN1C(=O)/C(=C/c2ccncc2)SC1=S)c1ccccc1Br. The van der Waals surface area contributed by atoms with Crippen LogP contribution in [0, 0.1) is 0 Å². The Morgan fingerprint density at radius 3 is 2.67 bits per heavy atom. The molecule has 2 heterocycles. The highest BCUT2D eigenvalue weighted by Gasteiger charge is 2.33. The number of carbonyl (C=O) groups is 2. The molecular weight excluding hydrogens is 410 g/mol. The Kier molecular flexibility index (Phi) is 5.08. The van der Waals surface area contributed by atoms with E-state index < -0.39 is 5.91 Å². The zero-order valence-corrected chi connectivity index (χ0v) is 15.3. The van der Waals surface area contributed by atoms with Gasteiger partial charge in [0.25, 0.3) is 11.8 Å². The summed E-state index contributed by atoms with van der Waals surface area (Å²) in [6, 6.07) is 10.5. The highest BCUT2D eigenvalue weighted by Crippen LogP contribution is 2.31. The number of aromatic nitrogens is 1. The minimum atomic E-state index is -0.413. The molecule has 120 valence electrons. The molecule has 5 nitrogen and oxygen atoms in total. The number of hydrogen-bond donors (Lipinski definition) is 1. The van der Waals surface area contributed by atoms with Crippen molar-refractivity contribution in [3.63, 3.8) is 0 Å². The predicted molar refractivity (Wildman–Crippen MR) is 101 cm³/mol. The summed E-state index contributed by atoms with van der Waals surface area (Å²) < 4.78 is 0.918. The normalized spacial score (nSPS) is 15.9. The van der Waals surface area contributed by atoms with E-state index in [1.807, 2.05) is 0 Å². The van der Waals surface area contributed by atoms with Crippen molar-refractivity contribution in [1.82, 2.24) is 15.4 Å². The lowest BCUT2D eigenvalue weighted by molar-refractivity contribution is -0.123. The third kappa shape index (κ3) is 3.55. The minimum absolute atomic E-state index is 0.278. The summed E-state index contributed by atoms with van der Waals surface area (Å²) in [5.41, 5.74) is 3.81. The van der Waals surface area contributed by atoms with E-state index in [1.165, 1.54) is 0 Å². The number of rotatable bonds is 3. The second kappa shape index (κ2) is 7.25. The van der Waals surface area contributed by atoms with Crippen LogP contribution in [0.5, 0.6) is 0 Å². The number of hydrogen-bond acceptors (Lipinski definition) is 5. The Balaban J connectivity index is 1.79. The lowest BCUT2D eigenvalue weighted by atomic mass is 10.2. The van der Waals surface area contributed by atoms with Gasteiger partial charge in [-0.15, -0.1) is 0 Å². The van der Waals surface area contributed by atoms with Gasteiger partial charge in [-0.1, -0.05) is 23.9 Å². The molecule has 1 aromatic heterocycles. The molecule has 0 bridgehead atoms. The van der Waals surface area contributed by atoms with Crippen LogP contribution in [-0.4, -0.2) is 26.1 Å². The third-order valence-corrected chi connectivity index (χ3v) is 5.12. The summed E-state index contributed by atoms with van der Waals surface area (Å²) in [7, 11) is 0. The molecule has 24 heavy (non-hydrogen) atoms. The van der Waals surface area contributed by atoms with Crippen molar-refractivity contribution in [2.45, 2.75) is 0 Å². The molecule has 1 aliphatic rings. The number of halogens is 1. The van der Waals surface area contributed by atoms with Crippen molar-refractivity contribution in [3.8, 4) is 0 Å². The predicted octanol–water partition coefficient (Wildman–Crippen LogP) is 3.39. The first-order valence-corrected chi connectivity index (χ1v) is 8.81. The molecule has 2 aromatic rings. The fraction of sp³-hybridized carbons (Fsp3) is 0. The molecule has 0 unspecified atom stereocenters. The first-order valence-electron chi connectivity index (χ1n) is 6.80. The Bertz CT molecular complexity index is 855. The van der Waals surface area contributed by atoms with Gasteiger partial charge in [0, 0.05) is 16.9 Å². The first-order chi connectivity index (χ1) is 11.6. The Morgan fingerprint density at radius 2 is 1.96 bits per heavy atom. The lowest BCUT2D eigenvalue weighted by Gasteiger charge is -2.16. The van der Waals surface area contributed by atoms with E-state index in [-0.39, 0.29) is 10.2 Å². The summed E-state index contributed by atoms with van der Waals surface area (Å²) in [4.78, 5) is 29.2. The third-order valence-electron chi connectivity index (χ3n) is 3.13. The van der Waals surface area contributed by atoms with Crippen LogP contribution in [0.4, 0.5) is 0 Å². The van der Waals surface area contributed by atoms with Gasteiger partial charge in [0.2, 0.25) is 0 Å². The van der Waals surface area contributed by atoms with Gasteiger partial charge >= 0.3 is 0 Å². The van der Waals surface area contributed by atoms with E-state index in [0.29, 0.717) is 14.9 Å². The van der Waals surface area contributed by atoms with Crippen LogP contribution in [-0.2, 0) is 4.79 Å². The summed E-state index contributed by atoms with van der Waals surface area (Å²) in [5.74, 6) is -0.772. The molecular formula is C16H10BrN3O2S2. The molecule has 1 fully saturated rings. The molecule has 3 rings (SSSR count). The quantitative estimate of drug-likeness (QED) is 0.610. The molecule has 1 saturated heterocycles. The van der Waals surface area contributed by atoms with Gasteiger partial charge in [0.15, 0.2) is 4.32 Å². The van der Waals surface area contributed by atoms with E-state index in [0.717, 1.165) is 22.3 Å². The average molecular weight is 420 g/mol. The number of nitrogens with zero attached hydrogens (tertiary/aromatic N) is 2. The summed E-state index contributed by atoms with van der Waals surface area (Å²) in [6.45, 7) is 0. The number of thioether (sulfide) groups is 1. The largest absolute Gasteiger partial charge is 0.285 e. The molecule has 0 aliphatic carbocycles. The molecule has 0 atom stereocenters.